The second kappa shape index (κ2) is 6.48. The number of rotatable bonds is 2. The summed E-state index contributed by atoms with van der Waals surface area (Å²) < 4.78 is 0. The highest BCUT2D eigenvalue weighted by Crippen LogP contribution is 2.23. The molecule has 2 amide bonds. The average Bonchev–Trinajstić information content (AvgIpc) is 2.56. The van der Waals surface area contributed by atoms with Crippen molar-refractivity contribution in [1.29, 1.82) is 0 Å². The number of nitrogens with one attached hydrogen (secondary N) is 1. The average molecular weight is 322 g/mol. The first-order valence-electron chi connectivity index (χ1n) is 8.20. The molecule has 0 unspecified atom stereocenters. The van der Waals surface area contributed by atoms with Gasteiger partial charge in [0.2, 0.25) is 5.91 Å². The van der Waals surface area contributed by atoms with Gasteiger partial charge in [0.25, 0.3) is 5.91 Å². The van der Waals surface area contributed by atoms with Crippen molar-refractivity contribution in [3.8, 4) is 0 Å². The third-order valence-electron chi connectivity index (χ3n) is 4.69. The fraction of sp³-hybridized carbons (Fsp3) is 0.300. The van der Waals surface area contributed by atoms with E-state index in [9.17, 15) is 9.59 Å². The van der Waals surface area contributed by atoms with E-state index in [1.165, 1.54) is 11.1 Å². The van der Waals surface area contributed by atoms with E-state index in [2.05, 4.69) is 5.32 Å². The van der Waals surface area contributed by atoms with Crippen molar-refractivity contribution in [2.24, 2.45) is 0 Å². The Morgan fingerprint density at radius 1 is 1.00 bits per heavy atom. The van der Waals surface area contributed by atoms with Gasteiger partial charge in [-0.25, -0.2) is 0 Å². The molecule has 0 atom stereocenters. The number of aryl methyl sites for hydroxylation is 2. The van der Waals surface area contributed by atoms with Gasteiger partial charge in [-0.15, -0.1) is 0 Å². The Morgan fingerprint density at radius 2 is 1.79 bits per heavy atom. The van der Waals surface area contributed by atoms with Crippen molar-refractivity contribution in [2.75, 3.05) is 11.9 Å². The minimum atomic E-state index is -0.114. The van der Waals surface area contributed by atoms with Crippen LogP contribution in [0.1, 0.15) is 39.5 Å². The Morgan fingerprint density at radius 3 is 2.50 bits per heavy atom. The maximum absolute atomic E-state index is 12.4. The van der Waals surface area contributed by atoms with Gasteiger partial charge in [0.1, 0.15) is 0 Å². The first-order chi connectivity index (χ1) is 11.4. The van der Waals surface area contributed by atoms with Crippen LogP contribution in [-0.4, -0.2) is 23.3 Å². The smallest absolute Gasteiger partial charge is 0.255 e. The second-order valence-electron chi connectivity index (χ2n) is 6.43. The van der Waals surface area contributed by atoms with Crippen LogP contribution in [-0.2, 0) is 17.8 Å². The van der Waals surface area contributed by atoms with E-state index in [1.54, 1.807) is 6.92 Å². The number of fused-ring (bicyclic) bond motifs is 1. The van der Waals surface area contributed by atoms with E-state index < -0.39 is 0 Å². The maximum Gasteiger partial charge on any atom is 0.255 e. The topological polar surface area (TPSA) is 49.4 Å². The van der Waals surface area contributed by atoms with Gasteiger partial charge in [0.15, 0.2) is 0 Å². The summed E-state index contributed by atoms with van der Waals surface area (Å²) in [6.07, 6.45) is 0.861. The molecule has 1 aliphatic rings. The molecule has 124 valence electrons. The molecule has 2 aromatic rings. The van der Waals surface area contributed by atoms with Crippen LogP contribution in [0.25, 0.3) is 0 Å². The molecule has 2 aromatic carbocycles. The molecule has 0 saturated carbocycles. The lowest BCUT2D eigenvalue weighted by atomic mass is 9.99. The van der Waals surface area contributed by atoms with Crippen LogP contribution >= 0.6 is 0 Å². The first-order valence-corrected chi connectivity index (χ1v) is 8.20. The van der Waals surface area contributed by atoms with Gasteiger partial charge >= 0.3 is 0 Å². The van der Waals surface area contributed by atoms with Crippen LogP contribution in [0.15, 0.2) is 36.4 Å². The Labute approximate surface area is 142 Å². The molecule has 4 heteroatoms. The van der Waals surface area contributed by atoms with Crippen molar-refractivity contribution >= 4 is 17.5 Å². The molecule has 1 heterocycles. The fourth-order valence-corrected chi connectivity index (χ4v) is 2.99. The summed E-state index contributed by atoms with van der Waals surface area (Å²) in [4.78, 5) is 25.8. The van der Waals surface area contributed by atoms with Gasteiger partial charge in [-0.1, -0.05) is 12.1 Å². The van der Waals surface area contributed by atoms with Gasteiger partial charge in [-0.3, -0.25) is 9.59 Å². The molecule has 3 rings (SSSR count). The fourth-order valence-electron chi connectivity index (χ4n) is 2.99. The van der Waals surface area contributed by atoms with Crippen LogP contribution in [0.4, 0.5) is 5.69 Å². The minimum Gasteiger partial charge on any atom is -0.338 e. The van der Waals surface area contributed by atoms with Crippen molar-refractivity contribution < 1.29 is 9.59 Å². The number of amides is 2. The zero-order valence-corrected chi connectivity index (χ0v) is 14.3. The SMILES string of the molecule is CC(=O)N1CCc2ccc(NC(=O)c3ccc(C)c(C)c3)cc2C1. The summed E-state index contributed by atoms with van der Waals surface area (Å²) in [5.74, 6) is -0.0255. The molecule has 0 spiro atoms. The maximum atomic E-state index is 12.4. The molecule has 0 aliphatic carbocycles. The van der Waals surface area contributed by atoms with Gasteiger partial charge in [0, 0.05) is 31.3 Å². The number of carbonyl (C=O) groups excluding carboxylic acids is 2. The molecule has 0 radical (unpaired) electrons. The lowest BCUT2D eigenvalue weighted by Gasteiger charge is -2.28. The Bertz CT molecular complexity index is 811. The van der Waals surface area contributed by atoms with Crippen LogP contribution in [0.5, 0.6) is 0 Å². The number of nitrogens with zero attached hydrogens (tertiary/aromatic N) is 1. The van der Waals surface area contributed by atoms with E-state index in [0.29, 0.717) is 12.1 Å². The normalized spacial score (nSPS) is 13.4. The highest BCUT2D eigenvalue weighted by Gasteiger charge is 2.18. The lowest BCUT2D eigenvalue weighted by molar-refractivity contribution is -0.129. The molecule has 0 fully saturated rings. The van der Waals surface area contributed by atoms with Crippen molar-refractivity contribution in [3.63, 3.8) is 0 Å². The highest BCUT2D eigenvalue weighted by atomic mass is 16.2. The first kappa shape index (κ1) is 16.2. The number of anilines is 1. The Hall–Kier alpha value is -2.62. The van der Waals surface area contributed by atoms with Crippen molar-refractivity contribution in [3.05, 3.63) is 64.2 Å². The molecule has 0 bridgehead atoms. The van der Waals surface area contributed by atoms with Gasteiger partial charge in [-0.2, -0.15) is 0 Å². The van der Waals surface area contributed by atoms with E-state index in [0.717, 1.165) is 29.8 Å². The molecule has 0 saturated heterocycles. The molecule has 24 heavy (non-hydrogen) atoms. The van der Waals surface area contributed by atoms with Crippen LogP contribution in [0.3, 0.4) is 0 Å². The lowest BCUT2D eigenvalue weighted by Crippen LogP contribution is -2.34. The summed E-state index contributed by atoms with van der Waals surface area (Å²) in [6, 6.07) is 11.7. The quantitative estimate of drug-likeness (QED) is 0.920. The summed E-state index contributed by atoms with van der Waals surface area (Å²) >= 11 is 0. The number of carbonyl (C=O) groups is 2. The van der Waals surface area contributed by atoms with Crippen LogP contribution in [0, 0.1) is 13.8 Å². The molecule has 1 aliphatic heterocycles. The zero-order chi connectivity index (χ0) is 17.3. The van der Waals surface area contributed by atoms with Gasteiger partial charge in [-0.05, 0) is 66.8 Å². The van der Waals surface area contributed by atoms with E-state index in [-0.39, 0.29) is 11.8 Å². The number of hydrogen-bond acceptors (Lipinski definition) is 2. The molecular weight excluding hydrogens is 300 g/mol. The summed E-state index contributed by atoms with van der Waals surface area (Å²) in [5.41, 5.74) is 6.05. The van der Waals surface area contributed by atoms with Crippen molar-refractivity contribution in [1.82, 2.24) is 4.90 Å². The predicted molar refractivity (Wildman–Crippen MR) is 95.1 cm³/mol. The van der Waals surface area contributed by atoms with Gasteiger partial charge in [0.05, 0.1) is 0 Å². The second-order valence-corrected chi connectivity index (χ2v) is 6.43. The standard InChI is InChI=1S/C20H22N2O2/c1-13-4-5-17(10-14(13)2)20(24)21-19-7-6-16-8-9-22(15(3)23)12-18(16)11-19/h4-7,10-11H,8-9,12H2,1-3H3,(H,21,24). The monoisotopic (exact) mass is 322 g/mol. The zero-order valence-electron chi connectivity index (χ0n) is 14.3. The molecular formula is C20H22N2O2. The molecule has 0 aromatic heterocycles. The Balaban J connectivity index is 1.78. The van der Waals surface area contributed by atoms with E-state index >= 15 is 0 Å². The van der Waals surface area contributed by atoms with Crippen LogP contribution in [0.2, 0.25) is 0 Å². The summed E-state index contributed by atoms with van der Waals surface area (Å²) in [6.45, 7) is 6.99. The number of benzene rings is 2. The Kier molecular flexibility index (Phi) is 4.38. The van der Waals surface area contributed by atoms with E-state index in [4.69, 9.17) is 0 Å². The molecule has 1 N–H and O–H groups in total. The van der Waals surface area contributed by atoms with Gasteiger partial charge < -0.3 is 10.2 Å². The third-order valence-corrected chi connectivity index (χ3v) is 4.69. The minimum absolute atomic E-state index is 0.0882. The van der Waals surface area contributed by atoms with Crippen molar-refractivity contribution in [2.45, 2.75) is 33.7 Å². The summed E-state index contributed by atoms with van der Waals surface area (Å²) in [7, 11) is 0. The third kappa shape index (κ3) is 3.32. The summed E-state index contributed by atoms with van der Waals surface area (Å²) in [5, 5.41) is 2.96. The van der Waals surface area contributed by atoms with Crippen LogP contribution < -0.4 is 5.32 Å². The largest absolute Gasteiger partial charge is 0.338 e. The highest BCUT2D eigenvalue weighted by molar-refractivity contribution is 6.04. The predicted octanol–water partition coefficient (Wildman–Crippen LogP) is 3.46. The molecule has 4 nitrogen and oxygen atoms in total. The van der Waals surface area contributed by atoms with E-state index in [1.807, 2.05) is 55.1 Å². The number of hydrogen-bond donors (Lipinski definition) is 1.